The van der Waals surface area contributed by atoms with Crippen molar-refractivity contribution >= 4 is 39.6 Å². The number of hydrogen-bond donors (Lipinski definition) is 1. The summed E-state index contributed by atoms with van der Waals surface area (Å²) in [5, 5.41) is 2.04. The van der Waals surface area contributed by atoms with Gasteiger partial charge in [-0.2, -0.15) is 0 Å². The van der Waals surface area contributed by atoms with Crippen LogP contribution in [0.25, 0.3) is 6.08 Å². The molecule has 8 heteroatoms. The fourth-order valence-electron chi connectivity index (χ4n) is 1.86. The number of ether oxygens (including phenoxy) is 1. The number of carbonyl (C=O) groups is 2. The summed E-state index contributed by atoms with van der Waals surface area (Å²) in [4.78, 5) is 23.6. The van der Waals surface area contributed by atoms with Crippen LogP contribution in [0.2, 0.25) is 0 Å². The van der Waals surface area contributed by atoms with Crippen LogP contribution < -0.4 is 5.32 Å². The molecule has 1 N–H and O–H groups in total. The normalized spacial score (nSPS) is 12.0. The lowest BCUT2D eigenvalue weighted by Crippen LogP contribution is -2.29. The molecule has 26 heavy (non-hydrogen) atoms. The zero-order valence-corrected chi connectivity index (χ0v) is 15.0. The van der Waals surface area contributed by atoms with Crippen molar-refractivity contribution in [2.45, 2.75) is 13.0 Å². The van der Waals surface area contributed by atoms with Crippen LogP contribution >= 0.6 is 15.9 Å². The summed E-state index contributed by atoms with van der Waals surface area (Å²) >= 11 is 3.28. The summed E-state index contributed by atoms with van der Waals surface area (Å²) in [6.07, 6.45) is 1.35. The second-order valence-corrected chi connectivity index (χ2v) is 6.09. The summed E-state index contributed by atoms with van der Waals surface area (Å²) in [6.45, 7) is 1.26. The SMILES string of the molecule is C[C@@H](OC(=O)/C=C\c1ccc(Br)cc1)C(=O)Nc1ccc(F)c(F)c1F. The van der Waals surface area contributed by atoms with E-state index in [4.69, 9.17) is 4.74 Å². The van der Waals surface area contributed by atoms with Gasteiger partial charge in [-0.25, -0.2) is 18.0 Å². The fourth-order valence-corrected chi connectivity index (χ4v) is 2.13. The Bertz CT molecular complexity index is 854. The fraction of sp³-hybridized carbons (Fsp3) is 0.111. The minimum absolute atomic E-state index is 0.554. The smallest absolute Gasteiger partial charge is 0.331 e. The third-order valence-corrected chi connectivity index (χ3v) is 3.77. The molecule has 0 spiro atoms. The van der Waals surface area contributed by atoms with Crippen LogP contribution in [0, 0.1) is 17.5 Å². The first-order valence-corrected chi connectivity index (χ1v) is 8.16. The second kappa shape index (κ2) is 8.66. The molecule has 0 aromatic heterocycles. The summed E-state index contributed by atoms with van der Waals surface area (Å²) < 4.78 is 45.3. The first kappa shape index (κ1) is 19.7. The Morgan fingerprint density at radius 2 is 1.73 bits per heavy atom. The highest BCUT2D eigenvalue weighted by Gasteiger charge is 2.20. The van der Waals surface area contributed by atoms with Crippen LogP contribution in [0.1, 0.15) is 12.5 Å². The van der Waals surface area contributed by atoms with E-state index >= 15 is 0 Å². The summed E-state index contributed by atoms with van der Waals surface area (Å²) in [6, 6.07) is 8.64. The van der Waals surface area contributed by atoms with Crippen molar-refractivity contribution in [1.82, 2.24) is 0 Å². The maximum atomic E-state index is 13.5. The number of benzene rings is 2. The van der Waals surface area contributed by atoms with Gasteiger partial charge >= 0.3 is 5.97 Å². The maximum absolute atomic E-state index is 13.5. The number of hydrogen-bond acceptors (Lipinski definition) is 3. The van der Waals surface area contributed by atoms with E-state index in [1.165, 1.54) is 13.0 Å². The van der Waals surface area contributed by atoms with Crippen molar-refractivity contribution in [2.75, 3.05) is 5.32 Å². The predicted molar refractivity (Wildman–Crippen MR) is 93.7 cm³/mol. The molecule has 0 aliphatic rings. The maximum Gasteiger partial charge on any atom is 0.331 e. The van der Waals surface area contributed by atoms with Crippen molar-refractivity contribution in [3.05, 3.63) is 70.0 Å². The molecule has 2 rings (SSSR count). The highest BCUT2D eigenvalue weighted by Crippen LogP contribution is 2.20. The van der Waals surface area contributed by atoms with Gasteiger partial charge in [-0.05, 0) is 42.8 Å². The number of rotatable bonds is 5. The Hall–Kier alpha value is -2.61. The van der Waals surface area contributed by atoms with E-state index in [0.29, 0.717) is 6.07 Å². The van der Waals surface area contributed by atoms with E-state index in [9.17, 15) is 22.8 Å². The molecule has 136 valence electrons. The lowest BCUT2D eigenvalue weighted by molar-refractivity contribution is -0.148. The molecule has 0 radical (unpaired) electrons. The second-order valence-electron chi connectivity index (χ2n) is 5.18. The molecular weight excluding hydrogens is 415 g/mol. The molecule has 1 atom stereocenters. The largest absolute Gasteiger partial charge is 0.449 e. The zero-order valence-electron chi connectivity index (χ0n) is 13.4. The minimum atomic E-state index is -1.70. The third kappa shape index (κ3) is 5.19. The van der Waals surface area contributed by atoms with Gasteiger partial charge in [0.1, 0.15) is 0 Å². The topological polar surface area (TPSA) is 55.4 Å². The number of anilines is 1. The van der Waals surface area contributed by atoms with Gasteiger partial charge in [-0.1, -0.05) is 28.1 Å². The standard InChI is InChI=1S/C18H13BrF3NO3/c1-10(18(25)23-14-8-7-13(20)16(21)17(14)22)26-15(24)9-4-11-2-5-12(19)6-3-11/h2-10H,1H3,(H,23,25)/b9-4-/t10-/m1/s1. The van der Waals surface area contributed by atoms with Crippen LogP contribution in [0.5, 0.6) is 0 Å². The average molecular weight is 428 g/mol. The Balaban J connectivity index is 1.95. The van der Waals surface area contributed by atoms with Crippen LogP contribution in [-0.4, -0.2) is 18.0 Å². The van der Waals surface area contributed by atoms with Crippen molar-refractivity contribution < 1.29 is 27.5 Å². The van der Waals surface area contributed by atoms with E-state index in [1.807, 2.05) is 5.32 Å². The highest BCUT2D eigenvalue weighted by molar-refractivity contribution is 9.10. The Morgan fingerprint density at radius 1 is 1.08 bits per heavy atom. The van der Waals surface area contributed by atoms with Crippen LogP contribution in [0.4, 0.5) is 18.9 Å². The van der Waals surface area contributed by atoms with Gasteiger partial charge in [0.2, 0.25) is 0 Å². The molecule has 2 aromatic carbocycles. The van der Waals surface area contributed by atoms with Crippen molar-refractivity contribution in [3.63, 3.8) is 0 Å². The number of amides is 1. The highest BCUT2D eigenvalue weighted by atomic mass is 79.9. The minimum Gasteiger partial charge on any atom is -0.449 e. The van der Waals surface area contributed by atoms with E-state index in [1.54, 1.807) is 24.3 Å². The summed E-state index contributed by atoms with van der Waals surface area (Å²) in [7, 11) is 0. The number of carbonyl (C=O) groups excluding carboxylic acids is 2. The molecule has 0 saturated heterocycles. The molecule has 0 heterocycles. The molecule has 1 amide bonds. The van der Waals surface area contributed by atoms with E-state index in [0.717, 1.165) is 22.2 Å². The molecule has 0 aliphatic carbocycles. The Morgan fingerprint density at radius 3 is 2.38 bits per heavy atom. The average Bonchev–Trinajstić information content (AvgIpc) is 2.61. The number of nitrogens with one attached hydrogen (secondary N) is 1. The number of halogens is 4. The summed E-state index contributed by atoms with van der Waals surface area (Å²) in [5.74, 6) is -6.29. The molecule has 0 bridgehead atoms. The molecule has 0 unspecified atom stereocenters. The van der Waals surface area contributed by atoms with Gasteiger partial charge in [0.25, 0.3) is 5.91 Å². The van der Waals surface area contributed by atoms with Gasteiger partial charge in [0.05, 0.1) is 5.69 Å². The van der Waals surface area contributed by atoms with E-state index in [2.05, 4.69) is 15.9 Å². The molecule has 0 fully saturated rings. The van der Waals surface area contributed by atoms with E-state index in [-0.39, 0.29) is 0 Å². The molecule has 0 saturated carbocycles. The first-order chi connectivity index (χ1) is 12.3. The lowest BCUT2D eigenvalue weighted by atomic mass is 10.2. The zero-order chi connectivity index (χ0) is 19.3. The van der Waals surface area contributed by atoms with Crippen LogP contribution in [-0.2, 0) is 14.3 Å². The quantitative estimate of drug-likeness (QED) is 0.435. The van der Waals surface area contributed by atoms with Gasteiger partial charge in [0.15, 0.2) is 23.6 Å². The first-order valence-electron chi connectivity index (χ1n) is 7.36. The lowest BCUT2D eigenvalue weighted by Gasteiger charge is -2.13. The monoisotopic (exact) mass is 427 g/mol. The van der Waals surface area contributed by atoms with Crippen molar-refractivity contribution in [3.8, 4) is 0 Å². The van der Waals surface area contributed by atoms with Gasteiger partial charge in [-0.15, -0.1) is 0 Å². The Kier molecular flexibility index (Phi) is 6.57. The van der Waals surface area contributed by atoms with E-state index < -0.39 is 41.1 Å². The van der Waals surface area contributed by atoms with Gasteiger partial charge in [-0.3, -0.25) is 4.79 Å². The van der Waals surface area contributed by atoms with Crippen molar-refractivity contribution in [1.29, 1.82) is 0 Å². The van der Waals surface area contributed by atoms with Gasteiger partial charge < -0.3 is 10.1 Å². The van der Waals surface area contributed by atoms with Crippen molar-refractivity contribution in [2.24, 2.45) is 0 Å². The third-order valence-electron chi connectivity index (χ3n) is 3.24. The summed E-state index contributed by atoms with van der Waals surface area (Å²) in [5.41, 5.74) is 0.188. The van der Waals surface area contributed by atoms with Gasteiger partial charge in [0, 0.05) is 10.5 Å². The number of esters is 1. The Labute approximate surface area is 155 Å². The molecule has 4 nitrogen and oxygen atoms in total. The van der Waals surface area contributed by atoms with Crippen LogP contribution in [0.3, 0.4) is 0 Å². The van der Waals surface area contributed by atoms with Crippen LogP contribution in [0.15, 0.2) is 46.9 Å². The predicted octanol–water partition coefficient (Wildman–Crippen LogP) is 4.45. The molecular formula is C18H13BrF3NO3. The molecule has 2 aromatic rings. The molecule has 0 aliphatic heterocycles.